The molecule has 1 amide bonds. The molecule has 2 aromatic carbocycles. The maximum absolute atomic E-state index is 12.1. The van der Waals surface area contributed by atoms with Crippen LogP contribution in [0.4, 0.5) is 5.69 Å². The zero-order chi connectivity index (χ0) is 15.5. The number of carbonyl (C=O) groups is 1. The Morgan fingerprint density at radius 1 is 1.19 bits per heavy atom. The number of methoxy groups -OCH3 is 1. The molecule has 0 heterocycles. The van der Waals surface area contributed by atoms with Gasteiger partial charge in [-0.3, -0.25) is 4.79 Å². The largest absolute Gasteiger partial charge is 0.496 e. The third-order valence-corrected chi connectivity index (χ3v) is 3.73. The van der Waals surface area contributed by atoms with E-state index in [9.17, 15) is 4.79 Å². The molecule has 110 valence electrons. The summed E-state index contributed by atoms with van der Waals surface area (Å²) in [4.78, 5) is 12.1. The Bertz CT molecular complexity index is 660. The highest BCUT2D eigenvalue weighted by Gasteiger charge is 2.36. The van der Waals surface area contributed by atoms with Crippen molar-refractivity contribution in [1.82, 2.24) is 0 Å². The van der Waals surface area contributed by atoms with Crippen molar-refractivity contribution in [3.8, 4) is 5.75 Å². The van der Waals surface area contributed by atoms with Crippen LogP contribution in [0.5, 0.6) is 5.75 Å². The molecule has 0 saturated carbocycles. The summed E-state index contributed by atoms with van der Waals surface area (Å²) in [6, 6.07) is 14.4. The minimum Gasteiger partial charge on any atom is -0.496 e. The van der Waals surface area contributed by atoms with Crippen molar-refractivity contribution in [2.24, 2.45) is 5.73 Å². The quantitative estimate of drug-likeness (QED) is 0.892. The second-order valence-electron chi connectivity index (χ2n) is 4.79. The molecule has 3 N–H and O–H groups in total. The molecule has 1 atom stereocenters. The molecule has 0 aromatic heterocycles. The fourth-order valence-corrected chi connectivity index (χ4v) is 2.33. The normalized spacial score (nSPS) is 13.3. The first-order valence-corrected chi connectivity index (χ1v) is 6.83. The van der Waals surface area contributed by atoms with E-state index in [1.165, 1.54) is 0 Å². The second kappa shape index (κ2) is 6.06. The summed E-state index contributed by atoms with van der Waals surface area (Å²) < 4.78 is 5.33. The van der Waals surface area contributed by atoms with Crippen LogP contribution in [0.3, 0.4) is 0 Å². The zero-order valence-corrected chi connectivity index (χ0v) is 12.6. The Labute approximate surface area is 128 Å². The molecule has 0 fully saturated rings. The number of hydrogen-bond acceptors (Lipinski definition) is 3. The van der Waals surface area contributed by atoms with Gasteiger partial charge >= 0.3 is 0 Å². The van der Waals surface area contributed by atoms with E-state index in [1.54, 1.807) is 38.3 Å². The van der Waals surface area contributed by atoms with E-state index < -0.39 is 11.4 Å². The van der Waals surface area contributed by atoms with Crippen molar-refractivity contribution in [3.63, 3.8) is 0 Å². The molecule has 1 unspecified atom stereocenters. The molecule has 0 saturated heterocycles. The van der Waals surface area contributed by atoms with Gasteiger partial charge in [-0.1, -0.05) is 41.9 Å². The standard InChI is InChI=1S/C16H17ClN2O2/c1-16(15(18)20,11-7-3-6-10-14(11)21-2)19-13-9-5-4-8-12(13)17/h3-10,19H,1-2H3,(H2,18,20). The Morgan fingerprint density at radius 3 is 2.43 bits per heavy atom. The lowest BCUT2D eigenvalue weighted by molar-refractivity contribution is -0.122. The SMILES string of the molecule is COc1ccccc1C(C)(Nc1ccccc1Cl)C(N)=O. The van der Waals surface area contributed by atoms with E-state index in [1.807, 2.05) is 24.3 Å². The van der Waals surface area contributed by atoms with E-state index >= 15 is 0 Å². The lowest BCUT2D eigenvalue weighted by Crippen LogP contribution is -2.45. The van der Waals surface area contributed by atoms with Crippen LogP contribution >= 0.6 is 11.6 Å². The van der Waals surface area contributed by atoms with Gasteiger partial charge in [-0.2, -0.15) is 0 Å². The van der Waals surface area contributed by atoms with Crippen LogP contribution in [0.1, 0.15) is 12.5 Å². The zero-order valence-electron chi connectivity index (χ0n) is 11.9. The van der Waals surface area contributed by atoms with E-state index in [4.69, 9.17) is 22.1 Å². The minimum atomic E-state index is -1.14. The number of nitrogens with one attached hydrogen (secondary N) is 1. The molecule has 2 aromatic rings. The monoisotopic (exact) mass is 304 g/mol. The maximum Gasteiger partial charge on any atom is 0.247 e. The Morgan fingerprint density at radius 2 is 1.81 bits per heavy atom. The topological polar surface area (TPSA) is 64.3 Å². The first-order chi connectivity index (χ1) is 9.99. The van der Waals surface area contributed by atoms with Crippen molar-refractivity contribution in [2.45, 2.75) is 12.5 Å². The molecule has 0 radical (unpaired) electrons. The number of halogens is 1. The van der Waals surface area contributed by atoms with Crippen LogP contribution in [0.25, 0.3) is 0 Å². The number of ether oxygens (including phenoxy) is 1. The van der Waals surface area contributed by atoms with Gasteiger partial charge in [0.1, 0.15) is 11.3 Å². The summed E-state index contributed by atoms with van der Waals surface area (Å²) >= 11 is 6.15. The molecule has 2 rings (SSSR count). The van der Waals surface area contributed by atoms with Crippen LogP contribution in [0, 0.1) is 0 Å². The molecule has 4 nitrogen and oxygen atoms in total. The molecular weight excluding hydrogens is 288 g/mol. The van der Waals surface area contributed by atoms with Crippen molar-refractivity contribution in [1.29, 1.82) is 0 Å². The van der Waals surface area contributed by atoms with E-state index in [0.29, 0.717) is 22.0 Å². The van der Waals surface area contributed by atoms with Crippen LogP contribution in [-0.2, 0) is 10.3 Å². The summed E-state index contributed by atoms with van der Waals surface area (Å²) in [6.45, 7) is 1.70. The van der Waals surface area contributed by atoms with Gasteiger partial charge in [-0.15, -0.1) is 0 Å². The number of hydrogen-bond donors (Lipinski definition) is 2. The predicted molar refractivity (Wildman–Crippen MR) is 84.6 cm³/mol. The van der Waals surface area contributed by atoms with Crippen LogP contribution < -0.4 is 15.8 Å². The van der Waals surface area contributed by atoms with Gasteiger partial charge in [0.2, 0.25) is 5.91 Å². The number of rotatable bonds is 5. The van der Waals surface area contributed by atoms with Gasteiger partial charge < -0.3 is 15.8 Å². The molecule has 0 bridgehead atoms. The molecule has 0 aliphatic rings. The fourth-order valence-electron chi connectivity index (χ4n) is 2.15. The minimum absolute atomic E-state index is 0.514. The Hall–Kier alpha value is -2.20. The molecule has 0 aliphatic heterocycles. The first kappa shape index (κ1) is 15.2. The number of nitrogens with two attached hydrogens (primary N) is 1. The number of para-hydroxylation sites is 2. The van der Waals surface area contributed by atoms with Gasteiger partial charge in [0.15, 0.2) is 0 Å². The fraction of sp³-hybridized carbons (Fsp3) is 0.188. The third kappa shape index (κ3) is 2.95. The number of primary amides is 1. The summed E-state index contributed by atoms with van der Waals surface area (Å²) in [5.41, 5.74) is 5.77. The summed E-state index contributed by atoms with van der Waals surface area (Å²) in [6.07, 6.45) is 0. The maximum atomic E-state index is 12.1. The summed E-state index contributed by atoms with van der Waals surface area (Å²) in [7, 11) is 1.55. The van der Waals surface area contributed by atoms with E-state index in [2.05, 4.69) is 5.32 Å². The van der Waals surface area contributed by atoms with Crippen molar-refractivity contribution >= 4 is 23.2 Å². The highest BCUT2D eigenvalue weighted by atomic mass is 35.5. The molecule has 0 spiro atoms. The molecule has 21 heavy (non-hydrogen) atoms. The summed E-state index contributed by atoms with van der Waals surface area (Å²) in [5.74, 6) is 0.0604. The summed E-state index contributed by atoms with van der Waals surface area (Å²) in [5, 5.41) is 3.64. The third-order valence-electron chi connectivity index (χ3n) is 3.40. The van der Waals surface area contributed by atoms with Crippen LogP contribution in [0.15, 0.2) is 48.5 Å². The van der Waals surface area contributed by atoms with E-state index in [-0.39, 0.29) is 0 Å². The first-order valence-electron chi connectivity index (χ1n) is 6.45. The van der Waals surface area contributed by atoms with Gasteiger partial charge in [-0.25, -0.2) is 0 Å². The molecular formula is C16H17ClN2O2. The lowest BCUT2D eigenvalue weighted by Gasteiger charge is -2.30. The highest BCUT2D eigenvalue weighted by Crippen LogP contribution is 2.34. The second-order valence-corrected chi connectivity index (χ2v) is 5.20. The van der Waals surface area contributed by atoms with Crippen LogP contribution in [-0.4, -0.2) is 13.0 Å². The smallest absolute Gasteiger partial charge is 0.247 e. The van der Waals surface area contributed by atoms with Gasteiger partial charge in [0, 0.05) is 5.56 Å². The Balaban J connectivity index is 2.51. The van der Waals surface area contributed by atoms with Crippen molar-refractivity contribution in [2.75, 3.05) is 12.4 Å². The molecule has 0 aliphatic carbocycles. The average molecular weight is 305 g/mol. The van der Waals surface area contributed by atoms with Crippen molar-refractivity contribution < 1.29 is 9.53 Å². The average Bonchev–Trinajstić information content (AvgIpc) is 2.49. The number of anilines is 1. The predicted octanol–water partition coefficient (Wildman–Crippen LogP) is 3.16. The molecule has 5 heteroatoms. The van der Waals surface area contributed by atoms with E-state index in [0.717, 1.165) is 0 Å². The number of benzene rings is 2. The van der Waals surface area contributed by atoms with Crippen molar-refractivity contribution in [3.05, 3.63) is 59.1 Å². The van der Waals surface area contributed by atoms with Gasteiger partial charge in [-0.05, 0) is 25.1 Å². The highest BCUT2D eigenvalue weighted by molar-refractivity contribution is 6.33. The number of carbonyl (C=O) groups excluding carboxylic acids is 1. The van der Waals surface area contributed by atoms with Gasteiger partial charge in [0.25, 0.3) is 0 Å². The van der Waals surface area contributed by atoms with Crippen LogP contribution in [0.2, 0.25) is 5.02 Å². The number of amides is 1. The van der Waals surface area contributed by atoms with Gasteiger partial charge in [0.05, 0.1) is 17.8 Å². The Kier molecular flexibility index (Phi) is 4.38. The lowest BCUT2D eigenvalue weighted by atomic mass is 9.90.